The SMILES string of the molecule is Cc1cc(N)c(CN)cc1Br. The molecule has 3 heteroatoms. The van der Waals surface area contributed by atoms with E-state index in [0.717, 1.165) is 21.3 Å². The number of halogens is 1. The topological polar surface area (TPSA) is 52.0 Å². The zero-order valence-corrected chi connectivity index (χ0v) is 7.98. The molecular weight excluding hydrogens is 204 g/mol. The first kappa shape index (κ1) is 8.56. The van der Waals surface area contributed by atoms with Crippen LogP contribution in [0.2, 0.25) is 0 Å². The van der Waals surface area contributed by atoms with Crippen LogP contribution in [0.15, 0.2) is 16.6 Å². The van der Waals surface area contributed by atoms with Gasteiger partial charge < -0.3 is 11.5 Å². The van der Waals surface area contributed by atoms with Gasteiger partial charge in [-0.05, 0) is 30.2 Å². The van der Waals surface area contributed by atoms with E-state index in [1.165, 1.54) is 0 Å². The lowest BCUT2D eigenvalue weighted by molar-refractivity contribution is 1.07. The molecule has 0 aromatic heterocycles. The zero-order chi connectivity index (χ0) is 8.43. The second-order valence-corrected chi connectivity index (χ2v) is 3.36. The molecule has 0 atom stereocenters. The Morgan fingerprint density at radius 2 is 2.09 bits per heavy atom. The summed E-state index contributed by atoms with van der Waals surface area (Å²) in [6, 6.07) is 3.89. The van der Waals surface area contributed by atoms with Crippen molar-refractivity contribution in [3.05, 3.63) is 27.7 Å². The number of nitrogen functional groups attached to an aromatic ring is 1. The quantitative estimate of drug-likeness (QED) is 0.701. The molecule has 0 fully saturated rings. The molecule has 0 aliphatic heterocycles. The number of hydrogen-bond donors (Lipinski definition) is 2. The highest BCUT2D eigenvalue weighted by Gasteiger charge is 2.00. The average molecular weight is 215 g/mol. The summed E-state index contributed by atoms with van der Waals surface area (Å²) in [6.45, 7) is 2.49. The minimum absolute atomic E-state index is 0.491. The molecule has 0 bridgehead atoms. The van der Waals surface area contributed by atoms with Crippen molar-refractivity contribution in [1.29, 1.82) is 0 Å². The molecule has 0 radical (unpaired) electrons. The first-order valence-corrected chi connectivity index (χ1v) is 4.19. The molecule has 1 rings (SSSR count). The van der Waals surface area contributed by atoms with Crippen molar-refractivity contribution in [2.45, 2.75) is 13.5 Å². The minimum atomic E-state index is 0.491. The number of benzene rings is 1. The van der Waals surface area contributed by atoms with Crippen molar-refractivity contribution in [3.8, 4) is 0 Å². The Balaban J connectivity index is 3.21. The fourth-order valence-electron chi connectivity index (χ4n) is 0.922. The van der Waals surface area contributed by atoms with Crippen molar-refractivity contribution in [1.82, 2.24) is 0 Å². The van der Waals surface area contributed by atoms with Crippen LogP contribution in [0.5, 0.6) is 0 Å². The number of hydrogen-bond acceptors (Lipinski definition) is 2. The van der Waals surface area contributed by atoms with E-state index in [9.17, 15) is 0 Å². The first-order chi connectivity index (χ1) is 5.15. The summed E-state index contributed by atoms with van der Waals surface area (Å²) in [5.41, 5.74) is 14.1. The van der Waals surface area contributed by atoms with E-state index in [4.69, 9.17) is 11.5 Å². The monoisotopic (exact) mass is 214 g/mol. The van der Waals surface area contributed by atoms with Crippen LogP contribution < -0.4 is 11.5 Å². The van der Waals surface area contributed by atoms with Gasteiger partial charge in [0.2, 0.25) is 0 Å². The molecule has 0 heterocycles. The van der Waals surface area contributed by atoms with Crippen LogP contribution in [0, 0.1) is 6.92 Å². The Morgan fingerprint density at radius 3 is 2.64 bits per heavy atom. The molecule has 0 saturated carbocycles. The molecule has 0 saturated heterocycles. The van der Waals surface area contributed by atoms with E-state index >= 15 is 0 Å². The predicted molar refractivity (Wildman–Crippen MR) is 51.2 cm³/mol. The molecule has 2 nitrogen and oxygen atoms in total. The maximum Gasteiger partial charge on any atom is 0.0363 e. The lowest BCUT2D eigenvalue weighted by Crippen LogP contribution is -2.01. The highest BCUT2D eigenvalue weighted by atomic mass is 79.9. The number of rotatable bonds is 1. The van der Waals surface area contributed by atoms with Crippen molar-refractivity contribution < 1.29 is 0 Å². The summed E-state index contributed by atoms with van der Waals surface area (Å²) in [5, 5.41) is 0. The summed E-state index contributed by atoms with van der Waals surface area (Å²) in [6.07, 6.45) is 0. The van der Waals surface area contributed by atoms with E-state index in [0.29, 0.717) is 6.54 Å². The lowest BCUT2D eigenvalue weighted by atomic mass is 10.1. The van der Waals surface area contributed by atoms with Gasteiger partial charge in [0.05, 0.1) is 0 Å². The van der Waals surface area contributed by atoms with Crippen LogP contribution in [-0.4, -0.2) is 0 Å². The molecule has 0 unspecified atom stereocenters. The Hall–Kier alpha value is -0.540. The van der Waals surface area contributed by atoms with Gasteiger partial charge in [0, 0.05) is 16.7 Å². The second-order valence-electron chi connectivity index (χ2n) is 2.50. The number of aryl methyl sites for hydroxylation is 1. The van der Waals surface area contributed by atoms with Crippen molar-refractivity contribution in [3.63, 3.8) is 0 Å². The standard InChI is InChI=1S/C8H11BrN2/c1-5-2-8(11)6(4-10)3-7(5)9/h2-3H,4,10-11H2,1H3. The summed E-state index contributed by atoms with van der Waals surface area (Å²) < 4.78 is 1.06. The van der Waals surface area contributed by atoms with Crippen LogP contribution >= 0.6 is 15.9 Å². The van der Waals surface area contributed by atoms with Crippen LogP contribution in [0.4, 0.5) is 5.69 Å². The van der Waals surface area contributed by atoms with Crippen LogP contribution in [0.25, 0.3) is 0 Å². The first-order valence-electron chi connectivity index (χ1n) is 3.39. The highest BCUT2D eigenvalue weighted by molar-refractivity contribution is 9.10. The number of anilines is 1. The maximum absolute atomic E-state index is 5.70. The van der Waals surface area contributed by atoms with Crippen molar-refractivity contribution in [2.24, 2.45) is 5.73 Å². The number of nitrogens with two attached hydrogens (primary N) is 2. The van der Waals surface area contributed by atoms with Gasteiger partial charge in [0.25, 0.3) is 0 Å². The Kier molecular flexibility index (Phi) is 2.52. The van der Waals surface area contributed by atoms with Gasteiger partial charge in [-0.2, -0.15) is 0 Å². The maximum atomic E-state index is 5.70. The summed E-state index contributed by atoms with van der Waals surface area (Å²) in [7, 11) is 0. The second kappa shape index (κ2) is 3.24. The molecule has 0 aliphatic rings. The Morgan fingerprint density at radius 1 is 1.45 bits per heavy atom. The smallest absolute Gasteiger partial charge is 0.0363 e. The molecule has 0 spiro atoms. The molecule has 1 aromatic carbocycles. The molecule has 4 N–H and O–H groups in total. The minimum Gasteiger partial charge on any atom is -0.398 e. The molecule has 11 heavy (non-hydrogen) atoms. The zero-order valence-electron chi connectivity index (χ0n) is 6.39. The van der Waals surface area contributed by atoms with Crippen molar-refractivity contribution >= 4 is 21.6 Å². The summed E-state index contributed by atoms with van der Waals surface area (Å²) in [5.74, 6) is 0. The summed E-state index contributed by atoms with van der Waals surface area (Å²) >= 11 is 3.41. The normalized spacial score (nSPS) is 10.1. The molecule has 0 aliphatic carbocycles. The fraction of sp³-hybridized carbons (Fsp3) is 0.250. The van der Waals surface area contributed by atoms with E-state index in [2.05, 4.69) is 15.9 Å². The highest BCUT2D eigenvalue weighted by Crippen LogP contribution is 2.22. The van der Waals surface area contributed by atoms with Gasteiger partial charge in [-0.25, -0.2) is 0 Å². The van der Waals surface area contributed by atoms with E-state index < -0.39 is 0 Å². The van der Waals surface area contributed by atoms with E-state index in [1.54, 1.807) is 0 Å². The van der Waals surface area contributed by atoms with Crippen LogP contribution in [0.1, 0.15) is 11.1 Å². The molecule has 1 aromatic rings. The van der Waals surface area contributed by atoms with E-state index in [-0.39, 0.29) is 0 Å². The van der Waals surface area contributed by atoms with Crippen LogP contribution in [-0.2, 0) is 6.54 Å². The van der Waals surface area contributed by atoms with Crippen molar-refractivity contribution in [2.75, 3.05) is 5.73 Å². The average Bonchev–Trinajstić information content (AvgIpc) is 1.97. The van der Waals surface area contributed by atoms with Gasteiger partial charge in [-0.3, -0.25) is 0 Å². The molecule has 60 valence electrons. The van der Waals surface area contributed by atoms with Gasteiger partial charge in [0.15, 0.2) is 0 Å². The third-order valence-electron chi connectivity index (χ3n) is 1.64. The largest absolute Gasteiger partial charge is 0.398 e. The molecular formula is C8H11BrN2. The summed E-state index contributed by atoms with van der Waals surface area (Å²) in [4.78, 5) is 0. The third-order valence-corrected chi connectivity index (χ3v) is 2.49. The van der Waals surface area contributed by atoms with E-state index in [1.807, 2.05) is 19.1 Å². The van der Waals surface area contributed by atoms with Gasteiger partial charge in [0.1, 0.15) is 0 Å². The van der Waals surface area contributed by atoms with Crippen LogP contribution in [0.3, 0.4) is 0 Å². The van der Waals surface area contributed by atoms with Gasteiger partial charge >= 0.3 is 0 Å². The third kappa shape index (κ3) is 1.73. The Bertz CT molecular complexity index is 271. The fourth-order valence-corrected chi connectivity index (χ4v) is 1.31. The molecule has 0 amide bonds. The predicted octanol–water partition coefficient (Wildman–Crippen LogP) is 1.80. The van der Waals surface area contributed by atoms with Gasteiger partial charge in [-0.1, -0.05) is 15.9 Å². The Labute approximate surface area is 74.7 Å². The lowest BCUT2D eigenvalue weighted by Gasteiger charge is -2.05. The van der Waals surface area contributed by atoms with Gasteiger partial charge in [-0.15, -0.1) is 0 Å².